The highest BCUT2D eigenvalue weighted by atomic mass is 32.1. The third-order valence-electron chi connectivity index (χ3n) is 3.04. The summed E-state index contributed by atoms with van der Waals surface area (Å²) in [5, 5.41) is 4.80. The summed E-state index contributed by atoms with van der Waals surface area (Å²) in [5.74, 6) is 0.612. The zero-order valence-corrected chi connectivity index (χ0v) is 12.5. The zero-order valence-electron chi connectivity index (χ0n) is 11.7. The molecule has 20 heavy (non-hydrogen) atoms. The molecular weight excluding hydrogens is 272 g/mol. The van der Waals surface area contributed by atoms with Crippen molar-refractivity contribution in [1.29, 1.82) is 0 Å². The lowest BCUT2D eigenvalue weighted by Gasteiger charge is -2.08. The smallest absolute Gasteiger partial charge is 0.257 e. The molecule has 0 radical (unpaired) electrons. The third-order valence-corrected chi connectivity index (χ3v) is 3.67. The molecule has 1 heterocycles. The predicted octanol–water partition coefficient (Wildman–Crippen LogP) is 2.50. The maximum absolute atomic E-state index is 11.6. The standard InChI is InChI=1S/C15H18N2O2S/c1-11-3-4-14(7-12(11)2)19-8-15(18)16-6-5-13-9-20-10-17-13/h3-4,7,9-10H,5-6,8H2,1-2H3,(H,16,18). The lowest BCUT2D eigenvalue weighted by molar-refractivity contribution is -0.123. The van der Waals surface area contributed by atoms with Crippen LogP contribution in [0.1, 0.15) is 16.8 Å². The van der Waals surface area contributed by atoms with Gasteiger partial charge in [-0.1, -0.05) is 6.07 Å². The Morgan fingerprint density at radius 1 is 1.35 bits per heavy atom. The van der Waals surface area contributed by atoms with Gasteiger partial charge in [-0.25, -0.2) is 4.98 Å². The van der Waals surface area contributed by atoms with Gasteiger partial charge in [0.2, 0.25) is 0 Å². The SMILES string of the molecule is Cc1ccc(OCC(=O)NCCc2cscn2)cc1C. The van der Waals surface area contributed by atoms with Gasteiger partial charge in [0.15, 0.2) is 6.61 Å². The first-order valence-electron chi connectivity index (χ1n) is 6.49. The fraction of sp³-hybridized carbons (Fsp3) is 0.333. The van der Waals surface area contributed by atoms with Crippen LogP contribution in [0.2, 0.25) is 0 Å². The molecule has 0 spiro atoms. The zero-order chi connectivity index (χ0) is 14.4. The summed E-state index contributed by atoms with van der Waals surface area (Å²) in [6.07, 6.45) is 0.749. The van der Waals surface area contributed by atoms with E-state index in [9.17, 15) is 4.79 Å². The van der Waals surface area contributed by atoms with Crippen molar-refractivity contribution >= 4 is 17.2 Å². The summed E-state index contributed by atoms with van der Waals surface area (Å²) in [7, 11) is 0. The molecule has 0 aliphatic carbocycles. The second kappa shape index (κ2) is 7.05. The first kappa shape index (κ1) is 14.5. The van der Waals surface area contributed by atoms with Crippen LogP contribution < -0.4 is 10.1 Å². The Bertz CT molecular complexity index is 567. The summed E-state index contributed by atoms with van der Waals surface area (Å²) in [5.41, 5.74) is 5.17. The van der Waals surface area contributed by atoms with Gasteiger partial charge in [-0.3, -0.25) is 4.79 Å². The highest BCUT2D eigenvalue weighted by Gasteiger charge is 2.04. The van der Waals surface area contributed by atoms with E-state index in [0.29, 0.717) is 6.54 Å². The Kier molecular flexibility index (Phi) is 5.12. The topological polar surface area (TPSA) is 51.2 Å². The molecule has 0 unspecified atom stereocenters. The average Bonchev–Trinajstić information content (AvgIpc) is 2.93. The number of rotatable bonds is 6. The molecule has 0 atom stereocenters. The van der Waals surface area contributed by atoms with Gasteiger partial charge in [0, 0.05) is 18.3 Å². The largest absolute Gasteiger partial charge is 0.484 e. The van der Waals surface area contributed by atoms with Gasteiger partial charge in [-0.05, 0) is 37.1 Å². The second-order valence-corrected chi connectivity index (χ2v) is 5.33. The Morgan fingerprint density at radius 2 is 2.20 bits per heavy atom. The number of nitrogens with zero attached hydrogens (tertiary/aromatic N) is 1. The first-order chi connectivity index (χ1) is 9.65. The van der Waals surface area contributed by atoms with Crippen molar-refractivity contribution in [3.63, 3.8) is 0 Å². The van der Waals surface area contributed by atoms with Crippen molar-refractivity contribution in [2.24, 2.45) is 0 Å². The van der Waals surface area contributed by atoms with Crippen LogP contribution in [-0.4, -0.2) is 24.0 Å². The fourth-order valence-electron chi connectivity index (χ4n) is 1.69. The molecule has 4 nitrogen and oxygen atoms in total. The van der Waals surface area contributed by atoms with Crippen LogP contribution in [0.4, 0.5) is 0 Å². The fourth-order valence-corrected chi connectivity index (χ4v) is 2.29. The summed E-state index contributed by atoms with van der Waals surface area (Å²) < 4.78 is 5.47. The van der Waals surface area contributed by atoms with Crippen LogP contribution in [0.15, 0.2) is 29.1 Å². The quantitative estimate of drug-likeness (QED) is 0.889. The van der Waals surface area contributed by atoms with Crippen LogP contribution in [-0.2, 0) is 11.2 Å². The maximum atomic E-state index is 11.6. The molecule has 2 rings (SSSR count). The number of benzene rings is 1. The molecule has 106 valence electrons. The highest BCUT2D eigenvalue weighted by molar-refractivity contribution is 7.07. The minimum absolute atomic E-state index is 0.0412. The van der Waals surface area contributed by atoms with Crippen molar-refractivity contribution in [3.8, 4) is 5.75 Å². The summed E-state index contributed by atoms with van der Waals surface area (Å²) in [6, 6.07) is 5.81. The molecule has 1 aromatic heterocycles. The number of carbonyl (C=O) groups excluding carboxylic acids is 1. The third kappa shape index (κ3) is 4.35. The molecule has 0 saturated heterocycles. The van der Waals surface area contributed by atoms with Crippen molar-refractivity contribution in [3.05, 3.63) is 45.9 Å². The number of ether oxygens (including phenoxy) is 1. The Labute approximate surface area is 122 Å². The van der Waals surface area contributed by atoms with Gasteiger partial charge in [0.1, 0.15) is 5.75 Å². The molecule has 2 aromatic rings. The van der Waals surface area contributed by atoms with Gasteiger partial charge >= 0.3 is 0 Å². The molecule has 0 aliphatic heterocycles. The number of hydrogen-bond acceptors (Lipinski definition) is 4. The van der Waals surface area contributed by atoms with Crippen LogP contribution in [0.5, 0.6) is 5.75 Å². The molecular formula is C15H18N2O2S. The van der Waals surface area contributed by atoms with Gasteiger partial charge in [0.05, 0.1) is 11.2 Å². The average molecular weight is 290 g/mol. The monoisotopic (exact) mass is 290 g/mol. The van der Waals surface area contributed by atoms with Crippen molar-refractivity contribution in [2.45, 2.75) is 20.3 Å². The van der Waals surface area contributed by atoms with Crippen LogP contribution in [0, 0.1) is 13.8 Å². The van der Waals surface area contributed by atoms with Gasteiger partial charge < -0.3 is 10.1 Å². The summed E-state index contributed by atoms with van der Waals surface area (Å²) in [4.78, 5) is 15.8. The number of nitrogens with one attached hydrogen (secondary N) is 1. The minimum atomic E-state index is -0.113. The van der Waals surface area contributed by atoms with Crippen molar-refractivity contribution in [1.82, 2.24) is 10.3 Å². The van der Waals surface area contributed by atoms with E-state index in [1.165, 1.54) is 5.56 Å². The van der Waals surface area contributed by atoms with Gasteiger partial charge in [-0.15, -0.1) is 11.3 Å². The molecule has 0 bridgehead atoms. The molecule has 0 aliphatic rings. The van der Waals surface area contributed by atoms with Crippen LogP contribution >= 0.6 is 11.3 Å². The minimum Gasteiger partial charge on any atom is -0.484 e. The van der Waals surface area contributed by atoms with E-state index in [-0.39, 0.29) is 12.5 Å². The summed E-state index contributed by atoms with van der Waals surface area (Å²) in [6.45, 7) is 4.69. The molecule has 0 saturated carbocycles. The number of aryl methyl sites for hydroxylation is 2. The van der Waals surface area contributed by atoms with Gasteiger partial charge in [-0.2, -0.15) is 0 Å². The van der Waals surface area contributed by atoms with E-state index in [4.69, 9.17) is 4.74 Å². The number of amides is 1. The van der Waals surface area contributed by atoms with Crippen molar-refractivity contribution in [2.75, 3.05) is 13.2 Å². The Balaban J connectivity index is 1.70. The molecule has 5 heteroatoms. The highest BCUT2D eigenvalue weighted by Crippen LogP contribution is 2.16. The molecule has 1 N–H and O–H groups in total. The van der Waals surface area contributed by atoms with E-state index in [1.54, 1.807) is 16.8 Å². The van der Waals surface area contributed by atoms with E-state index in [2.05, 4.69) is 10.3 Å². The van der Waals surface area contributed by atoms with E-state index in [1.807, 2.05) is 37.4 Å². The maximum Gasteiger partial charge on any atom is 0.257 e. The van der Waals surface area contributed by atoms with Crippen LogP contribution in [0.3, 0.4) is 0 Å². The Morgan fingerprint density at radius 3 is 2.90 bits per heavy atom. The van der Waals surface area contributed by atoms with E-state index in [0.717, 1.165) is 23.4 Å². The molecule has 1 amide bonds. The number of carbonyl (C=O) groups is 1. The Hall–Kier alpha value is -1.88. The first-order valence-corrected chi connectivity index (χ1v) is 7.43. The summed E-state index contributed by atoms with van der Waals surface area (Å²) >= 11 is 1.56. The second-order valence-electron chi connectivity index (χ2n) is 4.61. The van der Waals surface area contributed by atoms with E-state index < -0.39 is 0 Å². The van der Waals surface area contributed by atoms with Gasteiger partial charge in [0.25, 0.3) is 5.91 Å². The number of thiazole rings is 1. The molecule has 0 fully saturated rings. The lowest BCUT2D eigenvalue weighted by Crippen LogP contribution is -2.30. The number of hydrogen-bond donors (Lipinski definition) is 1. The normalized spacial score (nSPS) is 10.3. The van der Waals surface area contributed by atoms with Crippen LogP contribution in [0.25, 0.3) is 0 Å². The molecule has 1 aromatic carbocycles. The predicted molar refractivity (Wildman–Crippen MR) is 80.2 cm³/mol. The lowest BCUT2D eigenvalue weighted by atomic mass is 10.1. The number of aromatic nitrogens is 1. The van der Waals surface area contributed by atoms with E-state index >= 15 is 0 Å². The van der Waals surface area contributed by atoms with Crippen molar-refractivity contribution < 1.29 is 9.53 Å².